The molecule has 0 aliphatic rings. The molecule has 0 aromatic rings. The summed E-state index contributed by atoms with van der Waals surface area (Å²) in [5.41, 5.74) is 0. The molecule has 0 spiro atoms. The van der Waals surface area contributed by atoms with Gasteiger partial charge in [-0.1, -0.05) is 234 Å². The molecule has 0 bridgehead atoms. The molecule has 0 atom stereocenters. The lowest BCUT2D eigenvalue weighted by Gasteiger charge is -2.18. The van der Waals surface area contributed by atoms with Crippen molar-refractivity contribution in [3.05, 3.63) is 97.2 Å². The van der Waals surface area contributed by atoms with E-state index in [0.29, 0.717) is 19.3 Å². The van der Waals surface area contributed by atoms with Crippen LogP contribution in [0.3, 0.4) is 0 Å². The van der Waals surface area contributed by atoms with Crippen molar-refractivity contribution in [2.24, 2.45) is 0 Å². The Labute approximate surface area is 413 Å². The first kappa shape index (κ1) is 63.3. The highest BCUT2D eigenvalue weighted by atomic mass is 16.6. The highest BCUT2D eigenvalue weighted by molar-refractivity contribution is 5.71. The van der Waals surface area contributed by atoms with Crippen molar-refractivity contribution in [2.75, 3.05) is 13.2 Å². The molecule has 0 unspecified atom stereocenters. The van der Waals surface area contributed by atoms with E-state index in [0.717, 1.165) is 135 Å². The van der Waals surface area contributed by atoms with E-state index in [9.17, 15) is 14.4 Å². The number of hydrogen-bond donors (Lipinski definition) is 0. The van der Waals surface area contributed by atoms with Crippen LogP contribution in [0.5, 0.6) is 0 Å². The number of carbonyl (C=O) groups excluding carboxylic acids is 3. The van der Waals surface area contributed by atoms with Crippen LogP contribution in [-0.4, -0.2) is 37.2 Å². The van der Waals surface area contributed by atoms with Crippen molar-refractivity contribution in [1.82, 2.24) is 0 Å². The predicted octanol–water partition coefficient (Wildman–Crippen LogP) is 18.5. The van der Waals surface area contributed by atoms with Gasteiger partial charge in [0.25, 0.3) is 0 Å². The highest BCUT2D eigenvalue weighted by Crippen LogP contribution is 2.15. The van der Waals surface area contributed by atoms with Crippen LogP contribution in [0.25, 0.3) is 0 Å². The minimum Gasteiger partial charge on any atom is -0.462 e. The van der Waals surface area contributed by atoms with Gasteiger partial charge in [0, 0.05) is 19.3 Å². The Morgan fingerprint density at radius 1 is 0.313 bits per heavy atom. The van der Waals surface area contributed by atoms with Crippen molar-refractivity contribution in [3.63, 3.8) is 0 Å². The molecular formula is C61H102O6. The normalized spacial score (nSPS) is 12.4. The van der Waals surface area contributed by atoms with Gasteiger partial charge in [-0.05, 0) is 96.3 Å². The molecule has 0 radical (unpaired) electrons. The van der Waals surface area contributed by atoms with E-state index in [1.165, 1.54) is 77.0 Å². The molecule has 6 nitrogen and oxygen atoms in total. The third kappa shape index (κ3) is 53.2. The van der Waals surface area contributed by atoms with Gasteiger partial charge in [0.2, 0.25) is 0 Å². The van der Waals surface area contributed by atoms with Gasteiger partial charge in [-0.3, -0.25) is 14.4 Å². The van der Waals surface area contributed by atoms with Gasteiger partial charge in [-0.25, -0.2) is 0 Å². The van der Waals surface area contributed by atoms with Crippen LogP contribution in [0, 0.1) is 0 Å². The summed E-state index contributed by atoms with van der Waals surface area (Å²) in [6.45, 7) is 6.38. The van der Waals surface area contributed by atoms with E-state index in [1.807, 2.05) is 0 Å². The summed E-state index contributed by atoms with van der Waals surface area (Å²) in [6.07, 6.45) is 72.5. The summed E-state index contributed by atoms with van der Waals surface area (Å²) in [4.78, 5) is 38.1. The number of rotatable bonds is 49. The van der Waals surface area contributed by atoms with E-state index < -0.39 is 6.10 Å². The summed E-state index contributed by atoms with van der Waals surface area (Å²) in [6, 6.07) is 0. The van der Waals surface area contributed by atoms with Crippen LogP contribution in [0.15, 0.2) is 97.2 Å². The van der Waals surface area contributed by atoms with Crippen molar-refractivity contribution in [3.8, 4) is 0 Å². The van der Waals surface area contributed by atoms with Crippen molar-refractivity contribution in [2.45, 2.75) is 258 Å². The molecule has 0 amide bonds. The summed E-state index contributed by atoms with van der Waals surface area (Å²) >= 11 is 0. The SMILES string of the molecule is CC/C=C\C/C=C\C/C=C\C/C=C\CCCCCCC(=O)OCC(COC(=O)CCCCCC/C=C\C/C=C\C/C=C\C/C=C\CC)OC(=O)CCCCCCCCCCCCCCCCC. The fourth-order valence-corrected chi connectivity index (χ4v) is 7.48. The van der Waals surface area contributed by atoms with Crippen LogP contribution in [0.1, 0.15) is 252 Å². The molecule has 0 aliphatic carbocycles. The summed E-state index contributed by atoms with van der Waals surface area (Å²) in [5, 5.41) is 0. The Morgan fingerprint density at radius 3 is 0.910 bits per heavy atom. The van der Waals surface area contributed by atoms with Crippen LogP contribution in [0.4, 0.5) is 0 Å². The monoisotopic (exact) mass is 931 g/mol. The second-order valence-corrected chi connectivity index (χ2v) is 18.1. The molecule has 0 aromatic carbocycles. The van der Waals surface area contributed by atoms with E-state index in [2.05, 4.69) is 118 Å². The van der Waals surface area contributed by atoms with Crippen LogP contribution < -0.4 is 0 Å². The maximum absolute atomic E-state index is 12.8. The lowest BCUT2D eigenvalue weighted by molar-refractivity contribution is -0.167. The average Bonchev–Trinajstić information content (AvgIpc) is 3.33. The second kappa shape index (κ2) is 54.9. The summed E-state index contributed by atoms with van der Waals surface area (Å²) in [7, 11) is 0. The third-order valence-electron chi connectivity index (χ3n) is 11.6. The minimum atomic E-state index is -0.797. The Hall–Kier alpha value is -3.67. The van der Waals surface area contributed by atoms with Gasteiger partial charge in [0.05, 0.1) is 0 Å². The van der Waals surface area contributed by atoms with Gasteiger partial charge in [-0.15, -0.1) is 0 Å². The summed E-state index contributed by atoms with van der Waals surface area (Å²) in [5.74, 6) is -0.939. The van der Waals surface area contributed by atoms with Crippen molar-refractivity contribution < 1.29 is 28.6 Å². The highest BCUT2D eigenvalue weighted by Gasteiger charge is 2.19. The molecule has 0 saturated carbocycles. The average molecular weight is 931 g/mol. The van der Waals surface area contributed by atoms with Crippen molar-refractivity contribution >= 4 is 17.9 Å². The molecule has 0 heterocycles. The van der Waals surface area contributed by atoms with E-state index >= 15 is 0 Å². The molecule has 382 valence electrons. The van der Waals surface area contributed by atoms with Crippen LogP contribution in [0.2, 0.25) is 0 Å². The maximum atomic E-state index is 12.8. The number of unbranched alkanes of at least 4 members (excludes halogenated alkanes) is 22. The fraction of sp³-hybridized carbons (Fsp3) is 0.689. The van der Waals surface area contributed by atoms with Crippen molar-refractivity contribution in [1.29, 1.82) is 0 Å². The number of esters is 3. The van der Waals surface area contributed by atoms with E-state index in [1.54, 1.807) is 0 Å². The van der Waals surface area contributed by atoms with Gasteiger partial charge in [-0.2, -0.15) is 0 Å². The molecular weight excluding hydrogens is 829 g/mol. The Morgan fingerprint density at radius 2 is 0.582 bits per heavy atom. The van der Waals surface area contributed by atoms with Gasteiger partial charge < -0.3 is 14.2 Å². The minimum absolute atomic E-state index is 0.0974. The fourth-order valence-electron chi connectivity index (χ4n) is 7.48. The zero-order valence-electron chi connectivity index (χ0n) is 43.6. The van der Waals surface area contributed by atoms with Gasteiger partial charge >= 0.3 is 17.9 Å². The largest absolute Gasteiger partial charge is 0.462 e. The number of hydrogen-bond acceptors (Lipinski definition) is 6. The van der Waals surface area contributed by atoms with E-state index in [-0.39, 0.29) is 31.1 Å². The Kier molecular flexibility index (Phi) is 51.9. The first-order chi connectivity index (χ1) is 33.0. The van der Waals surface area contributed by atoms with Gasteiger partial charge in [0.15, 0.2) is 6.10 Å². The van der Waals surface area contributed by atoms with Crippen LogP contribution >= 0.6 is 0 Å². The zero-order valence-corrected chi connectivity index (χ0v) is 43.6. The predicted molar refractivity (Wildman–Crippen MR) is 288 cm³/mol. The number of carbonyl (C=O) groups is 3. The van der Waals surface area contributed by atoms with E-state index in [4.69, 9.17) is 14.2 Å². The quantitative estimate of drug-likeness (QED) is 0.0262. The van der Waals surface area contributed by atoms with Crippen LogP contribution in [-0.2, 0) is 28.6 Å². The zero-order chi connectivity index (χ0) is 48.6. The first-order valence-electron chi connectivity index (χ1n) is 27.7. The first-order valence-corrected chi connectivity index (χ1v) is 27.7. The van der Waals surface area contributed by atoms with Gasteiger partial charge in [0.1, 0.15) is 13.2 Å². The lowest BCUT2D eigenvalue weighted by atomic mass is 10.0. The molecule has 0 N–H and O–H groups in total. The smallest absolute Gasteiger partial charge is 0.306 e. The lowest BCUT2D eigenvalue weighted by Crippen LogP contribution is -2.30. The number of ether oxygens (including phenoxy) is 3. The number of allylic oxidation sites excluding steroid dienone is 16. The molecule has 0 rings (SSSR count). The molecule has 6 heteroatoms. The second-order valence-electron chi connectivity index (χ2n) is 18.1. The maximum Gasteiger partial charge on any atom is 0.306 e. The Balaban J connectivity index is 4.47. The molecule has 67 heavy (non-hydrogen) atoms. The molecule has 0 aliphatic heterocycles. The Bertz CT molecular complexity index is 1270. The topological polar surface area (TPSA) is 78.9 Å². The third-order valence-corrected chi connectivity index (χ3v) is 11.6. The summed E-state index contributed by atoms with van der Waals surface area (Å²) < 4.78 is 16.8. The molecule has 0 saturated heterocycles. The molecule has 0 fully saturated rings. The molecule has 0 aromatic heterocycles. The standard InChI is InChI=1S/C61H102O6/c1-4-7-10-13-16-19-22-25-28-30-33-35-38-41-44-47-50-53-59(62)65-56-58(67-61(64)55-52-49-46-43-40-37-32-27-24-21-18-15-12-9-6-3)57-66-60(63)54-51-48-45-42-39-36-34-31-29-26-23-20-17-14-11-8-5-2/h7-8,10-11,16-17,19-20,25-26,28-29,33-36,58H,4-6,9,12-15,18,21-24,27,30-32,37-57H2,1-3H3/b10-7-,11-8-,19-16-,20-17-,28-25-,29-26-,35-33-,36-34-.